The molecule has 0 aliphatic carbocycles. The molecule has 1 aromatic carbocycles. The normalized spacial score (nSPS) is 10.5. The highest BCUT2D eigenvalue weighted by molar-refractivity contribution is 5.90. The molecule has 2 rings (SSSR count). The molecule has 0 unspecified atom stereocenters. The van der Waals surface area contributed by atoms with E-state index in [1.165, 1.54) is 28.9 Å². The summed E-state index contributed by atoms with van der Waals surface area (Å²) in [4.78, 5) is 11.8. The average Bonchev–Trinajstić information content (AvgIpc) is 2.86. The highest BCUT2D eigenvalue weighted by Crippen LogP contribution is 2.08. The van der Waals surface area contributed by atoms with E-state index in [1.54, 1.807) is 6.20 Å². The minimum atomic E-state index is -0.340. The zero-order valence-electron chi connectivity index (χ0n) is 11.1. The van der Waals surface area contributed by atoms with Crippen molar-refractivity contribution in [1.82, 2.24) is 20.3 Å². The van der Waals surface area contributed by atoms with Crippen LogP contribution in [0.2, 0.25) is 0 Å². The van der Waals surface area contributed by atoms with Crippen molar-refractivity contribution in [3.8, 4) is 0 Å². The molecule has 0 spiro atoms. The van der Waals surface area contributed by atoms with Crippen molar-refractivity contribution < 1.29 is 9.18 Å². The third-order valence-electron chi connectivity index (χ3n) is 2.58. The number of benzene rings is 1. The van der Waals surface area contributed by atoms with E-state index in [0.717, 1.165) is 12.2 Å². The number of nitrogens with zero attached hydrogens (tertiary/aromatic N) is 3. The van der Waals surface area contributed by atoms with E-state index in [9.17, 15) is 9.18 Å². The van der Waals surface area contributed by atoms with Crippen molar-refractivity contribution in [3.63, 3.8) is 0 Å². The van der Waals surface area contributed by atoms with Crippen LogP contribution in [0.25, 0.3) is 0 Å². The van der Waals surface area contributed by atoms with Gasteiger partial charge in [0.15, 0.2) is 0 Å². The number of halogens is 1. The van der Waals surface area contributed by atoms with E-state index in [0.29, 0.717) is 12.2 Å². The summed E-state index contributed by atoms with van der Waals surface area (Å²) in [6, 6.07) is 5.59. The first kappa shape index (κ1) is 14.1. The molecule has 0 aliphatic rings. The lowest BCUT2D eigenvalue weighted by molar-refractivity contribution is -0.116. The van der Waals surface area contributed by atoms with Crippen LogP contribution < -0.4 is 10.6 Å². The maximum atomic E-state index is 12.7. The number of carbonyl (C=O) groups is 1. The Kier molecular flexibility index (Phi) is 4.78. The highest BCUT2D eigenvalue weighted by Gasteiger charge is 2.06. The van der Waals surface area contributed by atoms with Gasteiger partial charge in [-0.1, -0.05) is 12.1 Å². The van der Waals surface area contributed by atoms with Gasteiger partial charge in [0.1, 0.15) is 12.4 Å². The lowest BCUT2D eigenvalue weighted by Gasteiger charge is -2.04. The lowest BCUT2D eigenvalue weighted by Crippen LogP contribution is -2.19. The minimum Gasteiger partial charge on any atom is -0.324 e. The molecule has 1 aromatic heterocycles. The number of carbonyl (C=O) groups excluding carboxylic acids is 1. The van der Waals surface area contributed by atoms with Crippen molar-refractivity contribution in [2.24, 2.45) is 0 Å². The maximum Gasteiger partial charge on any atom is 0.246 e. The topological polar surface area (TPSA) is 71.8 Å². The molecule has 1 heterocycles. The number of rotatable bonds is 6. The number of anilines is 1. The lowest BCUT2D eigenvalue weighted by atomic mass is 10.3. The minimum absolute atomic E-state index is 0.0660. The number of aromatic nitrogens is 3. The SMILES string of the molecule is CCNCc1cn(CC(=O)Nc2ccc(F)cc2)nn1. The Morgan fingerprint density at radius 3 is 2.80 bits per heavy atom. The Bertz CT molecular complexity index is 566. The van der Waals surface area contributed by atoms with Gasteiger partial charge >= 0.3 is 0 Å². The van der Waals surface area contributed by atoms with Gasteiger partial charge in [-0.2, -0.15) is 0 Å². The Balaban J connectivity index is 1.87. The van der Waals surface area contributed by atoms with Gasteiger partial charge in [0, 0.05) is 12.2 Å². The fourth-order valence-corrected chi connectivity index (χ4v) is 1.63. The molecule has 0 aliphatic heterocycles. The van der Waals surface area contributed by atoms with Crippen molar-refractivity contribution in [2.75, 3.05) is 11.9 Å². The standard InChI is InChI=1S/C13H16FN5O/c1-2-15-7-12-8-19(18-17-12)9-13(20)16-11-5-3-10(14)4-6-11/h3-6,8,15H,2,7,9H2,1H3,(H,16,20). The summed E-state index contributed by atoms with van der Waals surface area (Å²) in [5, 5.41) is 13.6. The largest absolute Gasteiger partial charge is 0.324 e. The second-order valence-electron chi connectivity index (χ2n) is 4.24. The fourth-order valence-electron chi connectivity index (χ4n) is 1.63. The van der Waals surface area contributed by atoms with Crippen LogP contribution in [0.15, 0.2) is 30.5 Å². The first-order valence-corrected chi connectivity index (χ1v) is 6.32. The van der Waals surface area contributed by atoms with Crippen LogP contribution in [0.1, 0.15) is 12.6 Å². The predicted molar refractivity (Wildman–Crippen MR) is 72.4 cm³/mol. The van der Waals surface area contributed by atoms with Crippen molar-refractivity contribution in [1.29, 1.82) is 0 Å². The maximum absolute atomic E-state index is 12.7. The summed E-state index contributed by atoms with van der Waals surface area (Å²) < 4.78 is 14.2. The summed E-state index contributed by atoms with van der Waals surface area (Å²) >= 11 is 0. The van der Waals surface area contributed by atoms with Crippen LogP contribution >= 0.6 is 0 Å². The van der Waals surface area contributed by atoms with Gasteiger partial charge in [0.25, 0.3) is 0 Å². The van der Waals surface area contributed by atoms with E-state index < -0.39 is 0 Å². The summed E-state index contributed by atoms with van der Waals surface area (Å²) in [5.41, 5.74) is 1.32. The van der Waals surface area contributed by atoms with E-state index >= 15 is 0 Å². The molecular weight excluding hydrogens is 261 g/mol. The van der Waals surface area contributed by atoms with Crippen molar-refractivity contribution >= 4 is 11.6 Å². The number of amides is 1. The Morgan fingerprint density at radius 1 is 1.35 bits per heavy atom. The first-order chi connectivity index (χ1) is 9.67. The van der Waals surface area contributed by atoms with Gasteiger partial charge in [-0.25, -0.2) is 9.07 Å². The Morgan fingerprint density at radius 2 is 2.10 bits per heavy atom. The van der Waals surface area contributed by atoms with E-state index in [-0.39, 0.29) is 18.3 Å². The molecule has 106 valence electrons. The van der Waals surface area contributed by atoms with Gasteiger partial charge in [0.2, 0.25) is 5.91 Å². The Hall–Kier alpha value is -2.28. The number of hydrogen-bond donors (Lipinski definition) is 2. The summed E-state index contributed by atoms with van der Waals surface area (Å²) in [7, 11) is 0. The third-order valence-corrected chi connectivity index (χ3v) is 2.58. The van der Waals surface area contributed by atoms with Crippen LogP contribution in [0.4, 0.5) is 10.1 Å². The van der Waals surface area contributed by atoms with Crippen LogP contribution in [0.5, 0.6) is 0 Å². The van der Waals surface area contributed by atoms with Gasteiger partial charge in [-0.3, -0.25) is 4.79 Å². The molecule has 2 N–H and O–H groups in total. The van der Waals surface area contributed by atoms with Crippen LogP contribution in [0, 0.1) is 5.82 Å². The van der Waals surface area contributed by atoms with E-state index in [4.69, 9.17) is 0 Å². The average molecular weight is 277 g/mol. The molecule has 0 fully saturated rings. The van der Waals surface area contributed by atoms with Crippen LogP contribution in [0.3, 0.4) is 0 Å². The molecule has 20 heavy (non-hydrogen) atoms. The number of nitrogens with one attached hydrogen (secondary N) is 2. The molecule has 0 saturated heterocycles. The highest BCUT2D eigenvalue weighted by atomic mass is 19.1. The van der Waals surface area contributed by atoms with Gasteiger partial charge in [0.05, 0.1) is 11.9 Å². The number of hydrogen-bond acceptors (Lipinski definition) is 4. The molecule has 7 heteroatoms. The van der Waals surface area contributed by atoms with Crippen LogP contribution in [-0.4, -0.2) is 27.4 Å². The zero-order chi connectivity index (χ0) is 14.4. The second-order valence-corrected chi connectivity index (χ2v) is 4.24. The summed E-state index contributed by atoms with van der Waals surface area (Å²) in [5.74, 6) is -0.580. The van der Waals surface area contributed by atoms with E-state index in [1.807, 2.05) is 6.92 Å². The zero-order valence-corrected chi connectivity index (χ0v) is 11.1. The molecule has 0 radical (unpaired) electrons. The van der Waals surface area contributed by atoms with Crippen molar-refractivity contribution in [2.45, 2.75) is 20.0 Å². The molecule has 0 bridgehead atoms. The Labute approximate surface area is 116 Å². The smallest absolute Gasteiger partial charge is 0.246 e. The fraction of sp³-hybridized carbons (Fsp3) is 0.308. The molecule has 0 saturated carbocycles. The second kappa shape index (κ2) is 6.76. The van der Waals surface area contributed by atoms with E-state index in [2.05, 4.69) is 20.9 Å². The van der Waals surface area contributed by atoms with Crippen molar-refractivity contribution in [3.05, 3.63) is 42.0 Å². The molecule has 1 amide bonds. The van der Waals surface area contributed by atoms with Gasteiger partial charge in [-0.05, 0) is 30.8 Å². The third kappa shape index (κ3) is 4.13. The monoisotopic (exact) mass is 277 g/mol. The molecular formula is C13H16FN5O. The molecule has 2 aromatic rings. The van der Waals surface area contributed by atoms with Gasteiger partial charge in [-0.15, -0.1) is 5.10 Å². The van der Waals surface area contributed by atoms with Gasteiger partial charge < -0.3 is 10.6 Å². The molecule has 6 nitrogen and oxygen atoms in total. The predicted octanol–water partition coefficient (Wildman–Crippen LogP) is 1.17. The summed E-state index contributed by atoms with van der Waals surface area (Å²) in [6.45, 7) is 3.53. The quantitative estimate of drug-likeness (QED) is 0.831. The summed E-state index contributed by atoms with van der Waals surface area (Å²) in [6.07, 6.45) is 1.72. The first-order valence-electron chi connectivity index (χ1n) is 6.32. The molecule has 0 atom stereocenters. The van der Waals surface area contributed by atoms with Crippen LogP contribution in [-0.2, 0) is 17.9 Å².